The molecule has 0 radical (unpaired) electrons. The maximum absolute atomic E-state index is 12.1. The first kappa shape index (κ1) is 14.1. The summed E-state index contributed by atoms with van der Waals surface area (Å²) in [5.74, 6) is -0.114. The number of H-pyrrole nitrogens is 1. The Bertz CT molecular complexity index is 990. The van der Waals surface area contributed by atoms with Crippen molar-refractivity contribution in [3.8, 4) is 11.4 Å². The van der Waals surface area contributed by atoms with E-state index in [9.17, 15) is 4.79 Å². The van der Waals surface area contributed by atoms with Crippen molar-refractivity contribution in [2.75, 3.05) is 0 Å². The minimum atomic E-state index is -0.418. The standard InChI is InChI=1S/C17H13N5O2/c23-16(20-10-11-2-1-6-18-9-11)17-21-15(22-24-17)13-4-3-12-5-7-19-14(12)8-13/h1-9,19H,10H2,(H,20,23). The summed E-state index contributed by atoms with van der Waals surface area (Å²) in [6.45, 7) is 0.346. The Morgan fingerprint density at radius 3 is 3.08 bits per heavy atom. The molecule has 2 N–H and O–H groups in total. The molecule has 0 unspecified atom stereocenters. The second-order valence-electron chi connectivity index (χ2n) is 5.25. The van der Waals surface area contributed by atoms with Crippen molar-refractivity contribution >= 4 is 16.8 Å². The molecule has 0 bridgehead atoms. The van der Waals surface area contributed by atoms with Crippen molar-refractivity contribution in [2.24, 2.45) is 0 Å². The van der Waals surface area contributed by atoms with Gasteiger partial charge in [-0.2, -0.15) is 4.98 Å². The van der Waals surface area contributed by atoms with Crippen LogP contribution in [0.3, 0.4) is 0 Å². The highest BCUT2D eigenvalue weighted by Gasteiger charge is 2.16. The average Bonchev–Trinajstić information content (AvgIpc) is 3.29. The highest BCUT2D eigenvalue weighted by Crippen LogP contribution is 2.21. The lowest BCUT2D eigenvalue weighted by atomic mass is 10.1. The molecule has 4 rings (SSSR count). The zero-order chi connectivity index (χ0) is 16.4. The van der Waals surface area contributed by atoms with Crippen molar-refractivity contribution in [3.05, 3.63) is 66.4 Å². The molecule has 0 fully saturated rings. The maximum atomic E-state index is 12.1. The molecule has 0 atom stereocenters. The molecule has 7 heteroatoms. The van der Waals surface area contributed by atoms with Gasteiger partial charge in [0, 0.05) is 36.2 Å². The third kappa shape index (κ3) is 2.74. The molecule has 0 aliphatic heterocycles. The number of carbonyl (C=O) groups is 1. The highest BCUT2D eigenvalue weighted by atomic mass is 16.5. The van der Waals surface area contributed by atoms with Crippen LogP contribution in [0.2, 0.25) is 0 Å². The van der Waals surface area contributed by atoms with Crippen LogP contribution in [-0.4, -0.2) is 26.0 Å². The van der Waals surface area contributed by atoms with E-state index in [1.54, 1.807) is 12.4 Å². The van der Waals surface area contributed by atoms with Gasteiger partial charge in [-0.15, -0.1) is 0 Å². The molecule has 0 saturated carbocycles. The summed E-state index contributed by atoms with van der Waals surface area (Å²) in [6, 6.07) is 11.4. The first-order chi connectivity index (χ1) is 11.8. The molecule has 0 aliphatic rings. The third-order valence-corrected chi connectivity index (χ3v) is 3.61. The number of nitrogens with zero attached hydrogens (tertiary/aromatic N) is 3. The van der Waals surface area contributed by atoms with Gasteiger partial charge in [-0.1, -0.05) is 23.4 Å². The highest BCUT2D eigenvalue weighted by molar-refractivity contribution is 5.90. The van der Waals surface area contributed by atoms with Gasteiger partial charge in [0.25, 0.3) is 0 Å². The number of pyridine rings is 1. The van der Waals surface area contributed by atoms with E-state index in [1.807, 2.05) is 42.6 Å². The Labute approximate surface area is 136 Å². The van der Waals surface area contributed by atoms with E-state index in [-0.39, 0.29) is 5.89 Å². The van der Waals surface area contributed by atoms with Crippen LogP contribution in [0.15, 0.2) is 59.5 Å². The van der Waals surface area contributed by atoms with E-state index in [4.69, 9.17) is 4.52 Å². The smallest absolute Gasteiger partial charge is 0.316 e. The SMILES string of the molecule is O=C(NCc1cccnc1)c1nc(-c2ccc3cc[nH]c3c2)no1. The van der Waals surface area contributed by atoms with Crippen LogP contribution >= 0.6 is 0 Å². The van der Waals surface area contributed by atoms with Crippen molar-refractivity contribution in [1.29, 1.82) is 0 Å². The second kappa shape index (κ2) is 5.96. The summed E-state index contributed by atoms with van der Waals surface area (Å²) in [4.78, 5) is 23.4. The normalized spacial score (nSPS) is 10.8. The van der Waals surface area contributed by atoms with Crippen LogP contribution in [0.1, 0.15) is 16.2 Å². The van der Waals surface area contributed by atoms with Gasteiger partial charge in [-0.25, -0.2) is 0 Å². The number of hydrogen-bond acceptors (Lipinski definition) is 5. The first-order valence-corrected chi connectivity index (χ1v) is 7.38. The Kier molecular flexibility index (Phi) is 3.51. The van der Waals surface area contributed by atoms with E-state index in [1.165, 1.54) is 0 Å². The molecule has 4 aromatic rings. The Balaban J connectivity index is 1.50. The van der Waals surface area contributed by atoms with E-state index in [0.29, 0.717) is 12.4 Å². The predicted octanol–water partition coefficient (Wildman–Crippen LogP) is 2.54. The minimum Gasteiger partial charge on any atom is -0.361 e. The molecule has 7 nitrogen and oxygen atoms in total. The molecular weight excluding hydrogens is 306 g/mol. The van der Waals surface area contributed by atoms with Gasteiger partial charge < -0.3 is 14.8 Å². The van der Waals surface area contributed by atoms with Crippen LogP contribution in [-0.2, 0) is 6.54 Å². The summed E-state index contributed by atoms with van der Waals surface area (Å²) in [7, 11) is 0. The summed E-state index contributed by atoms with van der Waals surface area (Å²) < 4.78 is 5.06. The Morgan fingerprint density at radius 2 is 2.21 bits per heavy atom. The lowest BCUT2D eigenvalue weighted by Crippen LogP contribution is -2.23. The molecule has 0 aliphatic carbocycles. The molecule has 24 heavy (non-hydrogen) atoms. The summed E-state index contributed by atoms with van der Waals surface area (Å²) in [6.07, 6.45) is 5.23. The number of nitrogens with one attached hydrogen (secondary N) is 2. The van der Waals surface area contributed by atoms with Crippen molar-refractivity contribution < 1.29 is 9.32 Å². The van der Waals surface area contributed by atoms with E-state index in [0.717, 1.165) is 22.0 Å². The van der Waals surface area contributed by atoms with Gasteiger partial charge in [0.05, 0.1) is 0 Å². The molecule has 3 heterocycles. The van der Waals surface area contributed by atoms with Gasteiger partial charge in [-0.3, -0.25) is 9.78 Å². The van der Waals surface area contributed by atoms with Gasteiger partial charge in [0.15, 0.2) is 0 Å². The van der Waals surface area contributed by atoms with Crippen LogP contribution in [0, 0.1) is 0 Å². The van der Waals surface area contributed by atoms with Crippen LogP contribution in [0.25, 0.3) is 22.3 Å². The molecule has 118 valence electrons. The summed E-state index contributed by atoms with van der Waals surface area (Å²) >= 11 is 0. The van der Waals surface area contributed by atoms with Crippen molar-refractivity contribution in [1.82, 2.24) is 25.4 Å². The molecule has 1 amide bonds. The monoisotopic (exact) mass is 319 g/mol. The topological polar surface area (TPSA) is 96.7 Å². The van der Waals surface area contributed by atoms with Gasteiger partial charge >= 0.3 is 11.8 Å². The van der Waals surface area contributed by atoms with Crippen LogP contribution in [0.5, 0.6) is 0 Å². The number of aromatic amines is 1. The largest absolute Gasteiger partial charge is 0.361 e. The van der Waals surface area contributed by atoms with Gasteiger partial charge in [0.2, 0.25) is 5.82 Å². The molecular formula is C17H13N5O2. The first-order valence-electron chi connectivity index (χ1n) is 7.38. The lowest BCUT2D eigenvalue weighted by Gasteiger charge is -2.00. The van der Waals surface area contributed by atoms with Crippen molar-refractivity contribution in [3.63, 3.8) is 0 Å². The van der Waals surface area contributed by atoms with E-state index < -0.39 is 5.91 Å². The number of hydrogen-bond donors (Lipinski definition) is 2. The predicted molar refractivity (Wildman–Crippen MR) is 87.0 cm³/mol. The molecule has 1 aromatic carbocycles. The molecule has 3 aromatic heterocycles. The quantitative estimate of drug-likeness (QED) is 0.602. The zero-order valence-electron chi connectivity index (χ0n) is 12.6. The molecule has 0 spiro atoms. The molecule has 0 saturated heterocycles. The number of amides is 1. The van der Waals surface area contributed by atoms with E-state index in [2.05, 4.69) is 25.4 Å². The van der Waals surface area contributed by atoms with Gasteiger partial charge in [-0.05, 0) is 29.1 Å². The number of rotatable bonds is 4. The Morgan fingerprint density at radius 1 is 1.25 bits per heavy atom. The van der Waals surface area contributed by atoms with Crippen LogP contribution < -0.4 is 5.32 Å². The number of carbonyl (C=O) groups excluding carboxylic acids is 1. The zero-order valence-corrected chi connectivity index (χ0v) is 12.6. The Hall–Kier alpha value is -3.48. The number of fused-ring (bicyclic) bond motifs is 1. The summed E-state index contributed by atoms with van der Waals surface area (Å²) in [5.41, 5.74) is 2.64. The fourth-order valence-electron chi connectivity index (χ4n) is 2.38. The average molecular weight is 319 g/mol. The van der Waals surface area contributed by atoms with Crippen LogP contribution in [0.4, 0.5) is 0 Å². The second-order valence-corrected chi connectivity index (χ2v) is 5.25. The minimum absolute atomic E-state index is 0.0690. The lowest BCUT2D eigenvalue weighted by molar-refractivity contribution is 0.0907. The summed E-state index contributed by atoms with van der Waals surface area (Å²) in [5, 5.41) is 7.70. The fraction of sp³-hybridized carbons (Fsp3) is 0.0588. The number of benzene rings is 1. The van der Waals surface area contributed by atoms with Crippen molar-refractivity contribution in [2.45, 2.75) is 6.54 Å². The fourth-order valence-corrected chi connectivity index (χ4v) is 2.38. The maximum Gasteiger partial charge on any atom is 0.316 e. The number of aromatic nitrogens is 4. The van der Waals surface area contributed by atoms with E-state index >= 15 is 0 Å². The van der Waals surface area contributed by atoms with Gasteiger partial charge in [0.1, 0.15) is 0 Å². The third-order valence-electron chi connectivity index (χ3n) is 3.61.